The number of piperidine rings is 1. The molecular formula is C19H17ClF3N3O. The number of fused-ring (bicyclic) bond motifs is 5. The molecule has 1 amide bonds. The monoisotopic (exact) mass is 395 g/mol. The molecule has 0 spiro atoms. The number of hydrogen-bond donors (Lipinski definition) is 2. The lowest BCUT2D eigenvalue weighted by Crippen LogP contribution is -2.52. The van der Waals surface area contributed by atoms with E-state index in [1.54, 1.807) is 12.1 Å². The van der Waals surface area contributed by atoms with Gasteiger partial charge in [-0.25, -0.2) is 0 Å². The van der Waals surface area contributed by atoms with Crippen molar-refractivity contribution in [3.8, 4) is 0 Å². The van der Waals surface area contributed by atoms with E-state index < -0.39 is 24.2 Å². The van der Waals surface area contributed by atoms with E-state index in [2.05, 4.69) is 10.6 Å². The average molecular weight is 396 g/mol. The maximum atomic E-state index is 12.8. The molecule has 142 valence electrons. The quantitative estimate of drug-likeness (QED) is 0.730. The van der Waals surface area contributed by atoms with Gasteiger partial charge in [0.25, 0.3) is 0 Å². The van der Waals surface area contributed by atoms with E-state index in [0.29, 0.717) is 24.4 Å². The fraction of sp³-hybridized carbons (Fsp3) is 0.316. The van der Waals surface area contributed by atoms with Crippen LogP contribution in [0.15, 0.2) is 42.5 Å². The van der Waals surface area contributed by atoms with Gasteiger partial charge in [-0.2, -0.15) is 13.2 Å². The molecule has 1 saturated heterocycles. The lowest BCUT2D eigenvalue weighted by molar-refractivity contribution is -0.174. The summed E-state index contributed by atoms with van der Waals surface area (Å²) in [5.74, 6) is -1.91. The van der Waals surface area contributed by atoms with E-state index in [-0.39, 0.29) is 0 Å². The van der Waals surface area contributed by atoms with E-state index in [9.17, 15) is 18.0 Å². The molecule has 2 aromatic carbocycles. The number of alkyl halides is 3. The molecule has 0 saturated carbocycles. The molecule has 1 fully saturated rings. The number of amides is 1. The number of carbonyl (C=O) groups excluding carboxylic acids is 1. The summed E-state index contributed by atoms with van der Waals surface area (Å²) in [6, 6.07) is 11.8. The van der Waals surface area contributed by atoms with Gasteiger partial charge < -0.3 is 15.5 Å². The van der Waals surface area contributed by atoms with Crippen LogP contribution in [0.1, 0.15) is 24.4 Å². The molecule has 2 aliphatic heterocycles. The van der Waals surface area contributed by atoms with E-state index >= 15 is 0 Å². The minimum absolute atomic E-state index is 0.423. The lowest BCUT2D eigenvalue weighted by Gasteiger charge is -2.43. The second-order valence-corrected chi connectivity index (χ2v) is 7.17. The van der Waals surface area contributed by atoms with Crippen molar-refractivity contribution in [2.24, 2.45) is 0 Å². The van der Waals surface area contributed by atoms with Gasteiger partial charge in [0.05, 0.1) is 23.5 Å². The maximum Gasteiger partial charge on any atom is 0.471 e. The Morgan fingerprint density at radius 1 is 1.19 bits per heavy atom. The first kappa shape index (κ1) is 18.0. The van der Waals surface area contributed by atoms with Gasteiger partial charge in [-0.05, 0) is 37.1 Å². The standard InChI is InChI=1S/C19H17ClF3N3O/c20-11-7-8-14-16(10-11)26-9-3-6-15(25-18(27)19(21,22)23)17(26)12-4-1-2-5-13(12)24-14/h1-2,4-5,7-8,10,15,17,24H,3,6,9H2,(H,25,27)/t15-,17+/m1/s1. The number of hydrogen-bond acceptors (Lipinski definition) is 3. The minimum atomic E-state index is -4.91. The van der Waals surface area contributed by atoms with Crippen molar-refractivity contribution >= 4 is 34.6 Å². The Hall–Kier alpha value is -2.41. The van der Waals surface area contributed by atoms with Crippen molar-refractivity contribution in [3.05, 3.63) is 53.1 Å². The lowest BCUT2D eigenvalue weighted by atomic mass is 9.89. The topological polar surface area (TPSA) is 44.4 Å². The average Bonchev–Trinajstić information content (AvgIpc) is 2.76. The molecule has 0 bridgehead atoms. The highest BCUT2D eigenvalue weighted by Crippen LogP contribution is 2.46. The molecule has 4 nitrogen and oxygen atoms in total. The molecule has 2 aromatic rings. The Kier molecular flexibility index (Phi) is 4.42. The predicted octanol–water partition coefficient (Wildman–Crippen LogP) is 4.79. The summed E-state index contributed by atoms with van der Waals surface area (Å²) in [6.07, 6.45) is -3.79. The molecular weight excluding hydrogens is 379 g/mol. The van der Waals surface area contributed by atoms with Gasteiger partial charge in [0.15, 0.2) is 0 Å². The van der Waals surface area contributed by atoms with Crippen LogP contribution in [0.2, 0.25) is 5.02 Å². The first-order chi connectivity index (χ1) is 12.8. The van der Waals surface area contributed by atoms with E-state index in [0.717, 1.165) is 22.6 Å². The van der Waals surface area contributed by atoms with E-state index in [1.165, 1.54) is 0 Å². The molecule has 27 heavy (non-hydrogen) atoms. The van der Waals surface area contributed by atoms with Gasteiger partial charge in [-0.3, -0.25) is 4.79 Å². The number of rotatable bonds is 1. The zero-order valence-corrected chi connectivity index (χ0v) is 14.9. The van der Waals surface area contributed by atoms with Crippen LogP contribution in [0.5, 0.6) is 0 Å². The van der Waals surface area contributed by atoms with Crippen molar-refractivity contribution in [1.82, 2.24) is 5.32 Å². The van der Waals surface area contributed by atoms with Crippen molar-refractivity contribution in [3.63, 3.8) is 0 Å². The third kappa shape index (κ3) is 3.32. The Morgan fingerprint density at radius 3 is 2.74 bits per heavy atom. The molecule has 2 heterocycles. The summed E-state index contributed by atoms with van der Waals surface area (Å²) in [5.41, 5.74) is 3.30. The largest absolute Gasteiger partial charge is 0.471 e. The van der Waals surface area contributed by atoms with Crippen LogP contribution in [0.4, 0.5) is 30.2 Å². The van der Waals surface area contributed by atoms with Gasteiger partial charge in [-0.1, -0.05) is 29.8 Å². The van der Waals surface area contributed by atoms with Gasteiger partial charge in [0.1, 0.15) is 0 Å². The number of halogens is 4. The Labute approximate surface area is 159 Å². The summed E-state index contributed by atoms with van der Waals surface area (Å²) in [7, 11) is 0. The van der Waals surface area contributed by atoms with Gasteiger partial charge in [0, 0.05) is 22.8 Å². The molecule has 2 aliphatic rings. The summed E-state index contributed by atoms with van der Waals surface area (Å²) in [6.45, 7) is 0.659. The van der Waals surface area contributed by atoms with Gasteiger partial charge in [0.2, 0.25) is 0 Å². The predicted molar refractivity (Wildman–Crippen MR) is 98.5 cm³/mol. The molecule has 0 radical (unpaired) electrons. The molecule has 2 atom stereocenters. The van der Waals surface area contributed by atoms with Crippen molar-refractivity contribution in [2.45, 2.75) is 31.1 Å². The minimum Gasteiger partial charge on any atom is -0.361 e. The normalized spacial score (nSPS) is 21.3. The summed E-state index contributed by atoms with van der Waals surface area (Å²) < 4.78 is 38.5. The second-order valence-electron chi connectivity index (χ2n) is 6.73. The van der Waals surface area contributed by atoms with Crippen LogP contribution < -0.4 is 15.5 Å². The smallest absolute Gasteiger partial charge is 0.361 e. The fourth-order valence-electron chi connectivity index (χ4n) is 3.91. The van der Waals surface area contributed by atoms with Gasteiger partial charge in [-0.15, -0.1) is 0 Å². The Balaban J connectivity index is 1.81. The number of anilines is 3. The summed E-state index contributed by atoms with van der Waals surface area (Å²) >= 11 is 6.18. The molecule has 8 heteroatoms. The summed E-state index contributed by atoms with van der Waals surface area (Å²) in [5, 5.41) is 6.10. The molecule has 2 N–H and O–H groups in total. The number of nitrogens with one attached hydrogen (secondary N) is 2. The zero-order valence-electron chi connectivity index (χ0n) is 14.2. The number of carbonyl (C=O) groups is 1. The molecule has 0 unspecified atom stereocenters. The van der Waals surface area contributed by atoms with E-state index in [1.807, 2.05) is 35.2 Å². The number of para-hydroxylation sites is 1. The first-order valence-corrected chi connectivity index (χ1v) is 9.02. The third-order valence-electron chi connectivity index (χ3n) is 5.02. The van der Waals surface area contributed by atoms with Crippen molar-refractivity contribution in [2.75, 3.05) is 16.8 Å². The SMILES string of the molecule is O=C(N[C@@H]1CCCN2c3cc(Cl)ccc3Nc3ccccc3[C@@H]12)C(F)(F)F. The van der Waals surface area contributed by atoms with Crippen LogP contribution in [-0.4, -0.2) is 24.7 Å². The zero-order chi connectivity index (χ0) is 19.2. The Morgan fingerprint density at radius 2 is 1.96 bits per heavy atom. The third-order valence-corrected chi connectivity index (χ3v) is 5.26. The second kappa shape index (κ2) is 6.64. The van der Waals surface area contributed by atoms with Gasteiger partial charge >= 0.3 is 12.1 Å². The first-order valence-electron chi connectivity index (χ1n) is 8.64. The number of nitrogens with zero attached hydrogens (tertiary/aromatic N) is 1. The molecule has 4 rings (SSSR count). The van der Waals surface area contributed by atoms with E-state index in [4.69, 9.17) is 11.6 Å². The number of benzene rings is 2. The maximum absolute atomic E-state index is 12.8. The Bertz CT molecular complexity index is 887. The molecule has 0 aromatic heterocycles. The van der Waals surface area contributed by atoms with Crippen LogP contribution in [0.3, 0.4) is 0 Å². The van der Waals surface area contributed by atoms with Crippen molar-refractivity contribution in [1.29, 1.82) is 0 Å². The van der Waals surface area contributed by atoms with Crippen molar-refractivity contribution < 1.29 is 18.0 Å². The molecule has 0 aliphatic carbocycles. The fourth-order valence-corrected chi connectivity index (χ4v) is 4.08. The van der Waals surface area contributed by atoms with Crippen LogP contribution in [-0.2, 0) is 4.79 Å². The van der Waals surface area contributed by atoms with Crippen LogP contribution >= 0.6 is 11.6 Å². The highest BCUT2D eigenvalue weighted by atomic mass is 35.5. The highest BCUT2D eigenvalue weighted by molar-refractivity contribution is 6.31. The van der Waals surface area contributed by atoms with Crippen LogP contribution in [0.25, 0.3) is 0 Å². The van der Waals surface area contributed by atoms with Crippen LogP contribution in [0, 0.1) is 0 Å². The highest BCUT2D eigenvalue weighted by Gasteiger charge is 2.44. The summed E-state index contributed by atoms with van der Waals surface area (Å²) in [4.78, 5) is 13.6.